The number of hydrogen-bond donors (Lipinski definition) is 6. The standard InChI is InChI=1S/C6H6O8S2.2C4H11N/c7-3-1-2-4(15(9,10)11)6(5(3)8)16(12,13)14;2*1-3-5-4-2/h1-2,7-8H,(H,9,10,11)(H,12,13,14);2*5H,3-4H2,1-2H3. The van der Waals surface area contributed by atoms with E-state index >= 15 is 0 Å². The highest BCUT2D eigenvalue weighted by Gasteiger charge is 2.29. The van der Waals surface area contributed by atoms with Gasteiger partial charge in [-0.3, -0.25) is 9.11 Å². The summed E-state index contributed by atoms with van der Waals surface area (Å²) in [5.74, 6) is -2.32. The normalized spacial score (nSPS) is 11.0. The quantitative estimate of drug-likeness (QED) is 0.288. The molecule has 1 rings (SSSR count). The van der Waals surface area contributed by atoms with E-state index in [0.29, 0.717) is 12.1 Å². The van der Waals surface area contributed by atoms with Crippen molar-refractivity contribution in [1.82, 2.24) is 10.6 Å². The Morgan fingerprint density at radius 1 is 0.769 bits per heavy atom. The maximum Gasteiger partial charge on any atom is 0.299 e. The first-order valence-corrected chi connectivity index (χ1v) is 10.7. The molecule has 0 aliphatic carbocycles. The van der Waals surface area contributed by atoms with Crippen LogP contribution in [0.4, 0.5) is 0 Å². The highest BCUT2D eigenvalue weighted by Crippen LogP contribution is 2.36. The molecule has 0 radical (unpaired) electrons. The van der Waals surface area contributed by atoms with E-state index in [1.165, 1.54) is 0 Å². The van der Waals surface area contributed by atoms with Gasteiger partial charge < -0.3 is 20.8 Å². The number of rotatable bonds is 6. The van der Waals surface area contributed by atoms with Gasteiger partial charge in [-0.25, -0.2) is 0 Å². The van der Waals surface area contributed by atoms with Crippen molar-refractivity contribution in [2.45, 2.75) is 37.5 Å². The second kappa shape index (κ2) is 12.8. The minimum absolute atomic E-state index is 0.521. The molecule has 0 saturated carbocycles. The van der Waals surface area contributed by atoms with Gasteiger partial charge in [0.2, 0.25) is 0 Å². The summed E-state index contributed by atoms with van der Waals surface area (Å²) in [5.41, 5.74) is 0. The van der Waals surface area contributed by atoms with Gasteiger partial charge in [0.25, 0.3) is 20.2 Å². The third kappa shape index (κ3) is 10.5. The number of phenolic OH excluding ortho intramolecular Hbond substituents is 2. The molecule has 26 heavy (non-hydrogen) atoms. The van der Waals surface area contributed by atoms with Crippen molar-refractivity contribution in [3.05, 3.63) is 12.1 Å². The summed E-state index contributed by atoms with van der Waals surface area (Å²) in [7, 11) is -10.1. The first-order chi connectivity index (χ1) is 11.9. The van der Waals surface area contributed by atoms with Crippen molar-refractivity contribution in [3.8, 4) is 11.5 Å². The van der Waals surface area contributed by atoms with Crippen LogP contribution in [0, 0.1) is 0 Å². The Bertz CT molecular complexity index is 724. The van der Waals surface area contributed by atoms with Crippen molar-refractivity contribution >= 4 is 20.2 Å². The molecule has 0 amide bonds. The third-order valence-electron chi connectivity index (χ3n) is 2.61. The molecule has 0 aliphatic rings. The lowest BCUT2D eigenvalue weighted by molar-refractivity contribution is 0.383. The van der Waals surface area contributed by atoms with E-state index in [9.17, 15) is 16.8 Å². The number of nitrogens with one attached hydrogen (secondary N) is 2. The van der Waals surface area contributed by atoms with E-state index < -0.39 is 41.5 Å². The zero-order chi connectivity index (χ0) is 21.0. The summed E-state index contributed by atoms with van der Waals surface area (Å²) in [5, 5.41) is 24.3. The molecule has 12 heteroatoms. The molecule has 6 N–H and O–H groups in total. The van der Waals surface area contributed by atoms with Gasteiger partial charge in [-0.05, 0) is 38.3 Å². The first kappa shape index (κ1) is 26.8. The SMILES string of the molecule is CCNCC.CCNCC.O=S(=O)(O)c1ccc(O)c(O)c1S(=O)(=O)O. The van der Waals surface area contributed by atoms with E-state index in [-0.39, 0.29) is 0 Å². The van der Waals surface area contributed by atoms with Crippen LogP contribution in [0.2, 0.25) is 0 Å². The van der Waals surface area contributed by atoms with E-state index in [0.717, 1.165) is 26.2 Å². The summed E-state index contributed by atoms with van der Waals surface area (Å²) in [4.78, 5) is -2.71. The topological polar surface area (TPSA) is 173 Å². The molecule has 0 saturated heterocycles. The molecule has 10 nitrogen and oxygen atoms in total. The highest BCUT2D eigenvalue weighted by atomic mass is 32.2. The first-order valence-electron chi connectivity index (χ1n) is 7.79. The molecule has 0 unspecified atom stereocenters. The third-order valence-corrected chi connectivity index (χ3v) is 4.56. The number of hydrogen-bond acceptors (Lipinski definition) is 8. The Labute approximate surface area is 154 Å². The maximum atomic E-state index is 10.8. The molecule has 154 valence electrons. The summed E-state index contributed by atoms with van der Waals surface area (Å²) in [6, 6.07) is 1.17. The predicted octanol–water partition coefficient (Wildman–Crippen LogP) is 0.823. The summed E-state index contributed by atoms with van der Waals surface area (Å²) < 4.78 is 60.4. The Morgan fingerprint density at radius 3 is 1.38 bits per heavy atom. The molecule has 0 atom stereocenters. The fraction of sp³-hybridized carbons (Fsp3) is 0.571. The zero-order valence-electron chi connectivity index (χ0n) is 15.2. The average molecular weight is 417 g/mol. The maximum absolute atomic E-state index is 10.8. The Kier molecular flexibility index (Phi) is 13.2. The fourth-order valence-corrected chi connectivity index (χ4v) is 3.37. The van der Waals surface area contributed by atoms with Crippen molar-refractivity contribution < 1.29 is 36.2 Å². The average Bonchev–Trinajstić information content (AvgIpc) is 2.50. The van der Waals surface area contributed by atoms with Crippen molar-refractivity contribution in [3.63, 3.8) is 0 Å². The van der Waals surface area contributed by atoms with E-state index in [4.69, 9.17) is 19.3 Å². The second-order valence-corrected chi connectivity index (χ2v) is 7.37. The predicted molar refractivity (Wildman–Crippen MR) is 97.8 cm³/mol. The van der Waals surface area contributed by atoms with E-state index in [1.807, 2.05) is 0 Å². The van der Waals surface area contributed by atoms with Crippen LogP contribution in [0.3, 0.4) is 0 Å². The zero-order valence-corrected chi connectivity index (χ0v) is 16.9. The largest absolute Gasteiger partial charge is 0.504 e. The minimum atomic E-state index is -5.12. The van der Waals surface area contributed by atoms with Crippen molar-refractivity contribution in [2.75, 3.05) is 26.2 Å². The molecule has 0 heterocycles. The lowest BCUT2D eigenvalue weighted by Crippen LogP contribution is -2.09. The Hall–Kier alpha value is -1.44. The van der Waals surface area contributed by atoms with Gasteiger partial charge in [0.05, 0.1) is 0 Å². The molecule has 0 bridgehead atoms. The number of benzene rings is 1. The van der Waals surface area contributed by atoms with Crippen LogP contribution in [-0.4, -0.2) is 62.3 Å². The Morgan fingerprint density at radius 2 is 1.15 bits per heavy atom. The molecule has 1 aromatic carbocycles. The van der Waals surface area contributed by atoms with Gasteiger partial charge in [0.1, 0.15) is 4.90 Å². The van der Waals surface area contributed by atoms with Crippen LogP contribution in [0.15, 0.2) is 21.9 Å². The molecular weight excluding hydrogens is 388 g/mol. The summed E-state index contributed by atoms with van der Waals surface area (Å²) in [6.07, 6.45) is 0. The van der Waals surface area contributed by atoms with Crippen LogP contribution in [0.25, 0.3) is 0 Å². The monoisotopic (exact) mass is 416 g/mol. The smallest absolute Gasteiger partial charge is 0.299 e. The molecular formula is C14H28N2O8S2. The van der Waals surface area contributed by atoms with Crippen molar-refractivity contribution in [2.24, 2.45) is 0 Å². The van der Waals surface area contributed by atoms with Gasteiger partial charge in [-0.15, -0.1) is 0 Å². The van der Waals surface area contributed by atoms with E-state index in [2.05, 4.69) is 38.3 Å². The van der Waals surface area contributed by atoms with Gasteiger partial charge in [0, 0.05) is 0 Å². The fourth-order valence-electron chi connectivity index (χ4n) is 1.49. The van der Waals surface area contributed by atoms with Crippen LogP contribution < -0.4 is 10.6 Å². The number of phenols is 2. The minimum Gasteiger partial charge on any atom is -0.504 e. The van der Waals surface area contributed by atoms with Crippen LogP contribution in [0.1, 0.15) is 27.7 Å². The Balaban J connectivity index is 0. The highest BCUT2D eigenvalue weighted by molar-refractivity contribution is 7.89. The summed E-state index contributed by atoms with van der Waals surface area (Å²) >= 11 is 0. The van der Waals surface area contributed by atoms with Crippen molar-refractivity contribution in [1.29, 1.82) is 0 Å². The van der Waals surface area contributed by atoms with Gasteiger partial charge in [-0.2, -0.15) is 16.8 Å². The molecule has 0 fully saturated rings. The van der Waals surface area contributed by atoms with E-state index in [1.54, 1.807) is 0 Å². The number of aromatic hydroxyl groups is 2. The second-order valence-electron chi connectivity index (χ2n) is 4.62. The lowest BCUT2D eigenvalue weighted by atomic mass is 10.3. The lowest BCUT2D eigenvalue weighted by Gasteiger charge is -2.07. The molecule has 0 aromatic heterocycles. The molecule has 0 aliphatic heterocycles. The molecule has 1 aromatic rings. The van der Waals surface area contributed by atoms with Crippen LogP contribution in [0.5, 0.6) is 11.5 Å². The molecule has 0 spiro atoms. The van der Waals surface area contributed by atoms with Gasteiger partial charge in [0.15, 0.2) is 16.4 Å². The summed E-state index contributed by atoms with van der Waals surface area (Å²) in [6.45, 7) is 12.8. The van der Waals surface area contributed by atoms with Crippen LogP contribution in [-0.2, 0) is 20.2 Å². The van der Waals surface area contributed by atoms with Gasteiger partial charge in [-0.1, -0.05) is 27.7 Å². The van der Waals surface area contributed by atoms with Crippen LogP contribution >= 0.6 is 0 Å². The van der Waals surface area contributed by atoms with Gasteiger partial charge >= 0.3 is 0 Å².